The third kappa shape index (κ3) is 10.8. The van der Waals surface area contributed by atoms with Gasteiger partial charge in [-0.05, 0) is 63.4 Å². The molecule has 4 N–H and O–H groups in total. The van der Waals surface area contributed by atoms with Gasteiger partial charge in [-0.3, -0.25) is 29.1 Å². The van der Waals surface area contributed by atoms with Crippen LogP contribution < -0.4 is 31.2 Å². The van der Waals surface area contributed by atoms with Gasteiger partial charge in [-0.1, -0.05) is 62.2 Å². The number of hydrogen-bond acceptors (Lipinski definition) is 11. The number of aryl methyl sites for hydroxylation is 2. The molecule has 7 rings (SSSR count). The van der Waals surface area contributed by atoms with Gasteiger partial charge < -0.3 is 36.0 Å². The first kappa shape index (κ1) is 48.2. The van der Waals surface area contributed by atoms with Gasteiger partial charge in [-0.25, -0.2) is 9.97 Å². The van der Waals surface area contributed by atoms with Crippen LogP contribution in [0.2, 0.25) is 0 Å². The summed E-state index contributed by atoms with van der Waals surface area (Å²) in [6.07, 6.45) is 4.48. The predicted octanol–water partition coefficient (Wildman–Crippen LogP) is 6.93. The molecule has 4 atom stereocenters. The summed E-state index contributed by atoms with van der Waals surface area (Å²) in [5.41, 5.74) is 7.41. The van der Waals surface area contributed by atoms with Gasteiger partial charge in [0.25, 0.3) is 0 Å². The Kier molecular flexibility index (Phi) is 16.0. The average Bonchev–Trinajstić information content (AvgIpc) is 3.98. The number of ether oxygens (including phenoxy) is 1. The van der Waals surface area contributed by atoms with Gasteiger partial charge in [-0.2, -0.15) is 0 Å². The number of Topliss-reactive ketones (excluding diaryl/α,β-unsaturated/α-hetero) is 1. The molecule has 0 radical (unpaired) electrons. The Labute approximate surface area is 392 Å². The number of anilines is 2. The number of ketones is 1. The first-order valence-electron chi connectivity index (χ1n) is 22.0. The van der Waals surface area contributed by atoms with E-state index in [0.717, 1.165) is 23.4 Å². The molecule has 0 aliphatic carbocycles. The number of pyridine rings is 2. The van der Waals surface area contributed by atoms with Crippen LogP contribution >= 0.6 is 0 Å². The van der Waals surface area contributed by atoms with Crippen molar-refractivity contribution < 1.29 is 44.3 Å². The van der Waals surface area contributed by atoms with E-state index < -0.39 is 5.97 Å². The Morgan fingerprint density at radius 2 is 1.31 bits per heavy atom. The van der Waals surface area contributed by atoms with Crippen LogP contribution in [0.15, 0.2) is 67.0 Å². The number of amides is 2. The van der Waals surface area contributed by atoms with Crippen LogP contribution in [-0.2, 0) is 41.2 Å². The van der Waals surface area contributed by atoms with Crippen molar-refractivity contribution in [1.29, 1.82) is 0 Å². The summed E-state index contributed by atoms with van der Waals surface area (Å²) in [5, 5.41) is 12.5. The van der Waals surface area contributed by atoms with Gasteiger partial charge in [0, 0.05) is 103 Å². The number of rotatable bonds is 16. The van der Waals surface area contributed by atoms with Gasteiger partial charge in [0.05, 0.1) is 13.5 Å². The zero-order valence-electron chi connectivity index (χ0n) is 37.9. The maximum atomic E-state index is 14.5. The Morgan fingerprint density at radius 3 is 1.92 bits per heavy atom. The van der Waals surface area contributed by atoms with Crippen LogP contribution in [0.4, 0.5) is 11.6 Å². The number of carbonyl (C=O) groups is 4. The summed E-state index contributed by atoms with van der Waals surface area (Å²) >= 11 is 0. The third-order valence-electron chi connectivity index (χ3n) is 12.4. The standard InChI is InChI=1S/C49H58N10O5.Pd/c1-8-32-27(2)35-26-40-45(31(6)60)29(4)37(57-40)24-36-28(3)33(15-16-43(61)54-21-19-52-41-13-9-11-17-50-41)47(58-36)34(23-44(62)64-7)48-46(30(5)38(59-48)25-39(32)56-35)49(63)55-22-20-53-42-14-10-12-18-51-42;/h9-14,17-18,24-28,32-33H,8,15-16,19-23H2,1-7H3,(H6,50,51,52,53,54,55,56,57,58,59,60,61,63);/q;+2/p-2/t27-,28+,32-,33+;/m1./s1. The fourth-order valence-electron chi connectivity index (χ4n) is 8.84. The second-order valence-corrected chi connectivity index (χ2v) is 16.5. The first-order chi connectivity index (χ1) is 30.9. The number of methoxy groups -OCH3 is 1. The fourth-order valence-corrected chi connectivity index (χ4v) is 8.84. The molecule has 0 fully saturated rings. The van der Waals surface area contributed by atoms with Crippen LogP contribution in [0.25, 0.3) is 22.1 Å². The second-order valence-electron chi connectivity index (χ2n) is 16.5. The van der Waals surface area contributed by atoms with Gasteiger partial charge in [0.1, 0.15) is 11.6 Å². The van der Waals surface area contributed by atoms with Crippen LogP contribution in [0.1, 0.15) is 131 Å². The van der Waals surface area contributed by atoms with E-state index in [0.29, 0.717) is 93.4 Å². The number of nitrogens with zero attached hydrogens (tertiary/aromatic N) is 6. The number of carbonyl (C=O) groups excluding carboxylic acids is 4. The number of nitrogens with one attached hydrogen (secondary N) is 4. The van der Waals surface area contributed by atoms with Crippen LogP contribution in [-0.4, -0.2) is 76.8 Å². The molecule has 16 heteroatoms. The average molecular weight is 971 g/mol. The molecule has 0 saturated carbocycles. The molecule has 15 nitrogen and oxygen atoms in total. The molecule has 5 aromatic rings. The minimum absolute atomic E-state index is 0. The minimum Gasteiger partial charge on any atom is -0.657 e. The summed E-state index contributed by atoms with van der Waals surface area (Å²) in [6.45, 7) is 13.1. The van der Waals surface area contributed by atoms with Crippen molar-refractivity contribution in [2.45, 2.75) is 90.9 Å². The van der Waals surface area contributed by atoms with Crippen molar-refractivity contribution in [2.75, 3.05) is 43.9 Å². The largest absolute Gasteiger partial charge is 2.00 e. The normalized spacial score (nSPS) is 16.5. The van der Waals surface area contributed by atoms with Crippen LogP contribution in [0.3, 0.4) is 0 Å². The molecule has 2 aliphatic heterocycles. The van der Waals surface area contributed by atoms with Crippen LogP contribution in [0, 0.1) is 13.8 Å². The smallest absolute Gasteiger partial charge is 0.657 e. The van der Waals surface area contributed by atoms with Crippen molar-refractivity contribution in [3.8, 4) is 0 Å². The van der Waals surface area contributed by atoms with Crippen molar-refractivity contribution in [2.24, 2.45) is 0 Å². The molecule has 0 saturated heterocycles. The van der Waals surface area contributed by atoms with E-state index >= 15 is 0 Å². The van der Waals surface area contributed by atoms with E-state index in [1.54, 1.807) is 19.3 Å². The predicted molar refractivity (Wildman–Crippen MR) is 247 cm³/mol. The zero-order valence-corrected chi connectivity index (χ0v) is 39.4. The van der Waals surface area contributed by atoms with Crippen molar-refractivity contribution in [3.63, 3.8) is 0 Å². The maximum Gasteiger partial charge on any atom is 2.00 e. The quantitative estimate of drug-likeness (QED) is 0.0343. The number of aromatic nitrogens is 6. The Balaban J connectivity index is 0.00000700. The molecule has 2 aliphatic rings. The minimum atomic E-state index is -0.537. The molecule has 8 bridgehead atoms. The molecule has 0 unspecified atom stereocenters. The maximum absolute atomic E-state index is 14.5. The zero-order chi connectivity index (χ0) is 45.5. The Morgan fingerprint density at radius 1 is 0.723 bits per heavy atom. The summed E-state index contributed by atoms with van der Waals surface area (Å²) < 4.78 is 5.28. The summed E-state index contributed by atoms with van der Waals surface area (Å²) in [7, 11) is 1.32. The van der Waals surface area contributed by atoms with Gasteiger partial charge in [0.15, 0.2) is 5.78 Å². The number of esters is 1. The van der Waals surface area contributed by atoms with E-state index in [1.807, 2.05) is 75.4 Å². The number of hydrogen-bond donors (Lipinski definition) is 4. The summed E-state index contributed by atoms with van der Waals surface area (Å²) in [4.78, 5) is 83.9. The van der Waals surface area contributed by atoms with Crippen molar-refractivity contribution in [3.05, 3.63) is 118 Å². The van der Waals surface area contributed by atoms with Crippen molar-refractivity contribution in [1.82, 2.24) is 40.5 Å². The van der Waals surface area contributed by atoms with Gasteiger partial charge >= 0.3 is 26.4 Å². The van der Waals surface area contributed by atoms with Crippen molar-refractivity contribution >= 4 is 57.3 Å². The van der Waals surface area contributed by atoms with E-state index in [9.17, 15) is 19.2 Å². The molecule has 5 aromatic heterocycles. The molecule has 0 spiro atoms. The molecule has 0 aromatic carbocycles. The Bertz CT molecular complexity index is 2700. The fraction of sp³-hybridized carbons (Fsp3) is 0.388. The molecule has 342 valence electrons. The van der Waals surface area contributed by atoms with Crippen LogP contribution in [0.5, 0.6) is 0 Å². The molecular formula is C49H56N10O5Pd. The summed E-state index contributed by atoms with van der Waals surface area (Å²) in [5.74, 6) is -0.368. The monoisotopic (exact) mass is 970 g/mol. The molecular weight excluding hydrogens is 915 g/mol. The van der Waals surface area contributed by atoms with E-state index in [2.05, 4.69) is 45.1 Å². The van der Waals surface area contributed by atoms with Gasteiger partial charge in [0.2, 0.25) is 11.8 Å². The van der Waals surface area contributed by atoms with E-state index in [1.165, 1.54) is 7.11 Å². The molecule has 7 heterocycles. The molecule has 65 heavy (non-hydrogen) atoms. The third-order valence-corrected chi connectivity index (χ3v) is 12.4. The Hall–Kier alpha value is -6.24. The topological polar surface area (TPSA) is 205 Å². The SMILES string of the molecule is CC[C@H]1c2cc3[n-]c(c(CC(=O)OC)c4nc(cc5[n-]c(cc(n2)[C@@H]1C)c(C(C)=O)c5C)[C@@H](C)[C@@H]4CCC(=O)NCCNc1ccccn1)c(C(=O)NCCNc1ccccn1)c3C.[Pd+2]. The van der Waals surface area contributed by atoms with E-state index in [4.69, 9.17) is 24.7 Å². The second kappa shape index (κ2) is 21.6. The molecule has 2 amide bonds. The summed E-state index contributed by atoms with van der Waals surface area (Å²) in [6, 6.07) is 16.9. The van der Waals surface area contributed by atoms with E-state index in [-0.39, 0.29) is 81.1 Å². The van der Waals surface area contributed by atoms with Gasteiger partial charge in [-0.15, -0.1) is 22.1 Å². The first-order valence-corrected chi connectivity index (χ1v) is 22.0. The number of fused-ring (bicyclic) bond motifs is 8.